The highest BCUT2D eigenvalue weighted by Crippen LogP contribution is 2.29. The van der Waals surface area contributed by atoms with Gasteiger partial charge in [0.05, 0.1) is 18.6 Å². The number of carbonyl (C=O) groups excluding carboxylic acids is 2. The molecule has 150 valence electrons. The molecule has 0 aliphatic rings. The van der Waals surface area contributed by atoms with Crippen molar-refractivity contribution in [3.8, 4) is 0 Å². The van der Waals surface area contributed by atoms with E-state index in [0.717, 1.165) is 21.3 Å². The summed E-state index contributed by atoms with van der Waals surface area (Å²) in [5.74, 6) is -0.991. The van der Waals surface area contributed by atoms with Crippen LogP contribution in [-0.2, 0) is 20.8 Å². The second kappa shape index (κ2) is 9.24. The highest BCUT2D eigenvalue weighted by Gasteiger charge is 2.23. The van der Waals surface area contributed by atoms with Crippen molar-refractivity contribution in [3.63, 3.8) is 0 Å². The molecule has 2 rings (SSSR count). The Balaban J connectivity index is 2.12. The molecule has 0 amide bonds. The number of anilines is 1. The topological polar surface area (TPSA) is 64.6 Å². The summed E-state index contributed by atoms with van der Waals surface area (Å²) in [6, 6.07) is 13.0. The third kappa shape index (κ3) is 5.83. The van der Waals surface area contributed by atoms with Crippen LogP contribution in [0.15, 0.2) is 46.9 Å². The van der Waals surface area contributed by atoms with Crippen LogP contribution in [0.4, 0.5) is 5.69 Å². The fraction of sp³-hybridized carbons (Fsp3) is 0.364. The van der Waals surface area contributed by atoms with E-state index in [-0.39, 0.29) is 17.9 Å². The number of rotatable bonds is 6. The van der Waals surface area contributed by atoms with Crippen molar-refractivity contribution in [2.45, 2.75) is 45.8 Å². The van der Waals surface area contributed by atoms with Crippen LogP contribution in [0, 0.1) is 0 Å². The van der Waals surface area contributed by atoms with Crippen LogP contribution in [0.5, 0.6) is 0 Å². The van der Waals surface area contributed by atoms with Gasteiger partial charge in [0, 0.05) is 16.7 Å². The van der Waals surface area contributed by atoms with Crippen LogP contribution in [-0.4, -0.2) is 24.6 Å². The highest BCUT2D eigenvalue weighted by molar-refractivity contribution is 9.10. The molecule has 1 atom stereocenters. The van der Waals surface area contributed by atoms with E-state index < -0.39 is 5.60 Å². The van der Waals surface area contributed by atoms with Crippen molar-refractivity contribution in [3.05, 3.63) is 63.6 Å². The molecule has 0 heterocycles. The number of hydrogen-bond acceptors (Lipinski definition) is 5. The first-order valence-electron chi connectivity index (χ1n) is 9.05. The maximum absolute atomic E-state index is 12.3. The predicted molar refractivity (Wildman–Crippen MR) is 114 cm³/mol. The summed E-state index contributed by atoms with van der Waals surface area (Å²) in [5, 5.41) is 3.31. The number of hydrogen-bond donors (Lipinski definition) is 1. The number of halogens is 1. The van der Waals surface area contributed by atoms with Gasteiger partial charge in [0.2, 0.25) is 0 Å². The summed E-state index contributed by atoms with van der Waals surface area (Å²) in [4.78, 5) is 24.2. The lowest BCUT2D eigenvalue weighted by Crippen LogP contribution is -2.26. The largest absolute Gasteiger partial charge is 0.465 e. The minimum Gasteiger partial charge on any atom is -0.465 e. The van der Waals surface area contributed by atoms with Gasteiger partial charge < -0.3 is 14.8 Å². The number of ether oxygens (including phenoxy) is 2. The van der Waals surface area contributed by atoms with Crippen LogP contribution in [0.25, 0.3) is 0 Å². The maximum atomic E-state index is 12.3. The molecule has 0 bridgehead atoms. The normalized spacial score (nSPS) is 12.2. The molecule has 0 saturated heterocycles. The van der Waals surface area contributed by atoms with E-state index in [1.54, 1.807) is 12.1 Å². The van der Waals surface area contributed by atoms with Gasteiger partial charge in [0.1, 0.15) is 5.60 Å². The standard InChI is InChI=1S/C22H26BrNO4/c1-14(20(25)28-22(2,3)4)15-10-11-19(18(23)12-15)24-13-16-8-6-7-9-17(16)21(26)27-5/h6-12,14,24H,13H2,1-5H3. The molecule has 0 radical (unpaired) electrons. The lowest BCUT2D eigenvalue weighted by molar-refractivity contribution is -0.156. The Morgan fingerprint density at radius 3 is 2.43 bits per heavy atom. The van der Waals surface area contributed by atoms with Crippen molar-refractivity contribution in [2.24, 2.45) is 0 Å². The number of nitrogens with one attached hydrogen (secondary N) is 1. The monoisotopic (exact) mass is 447 g/mol. The first kappa shape index (κ1) is 22.0. The van der Waals surface area contributed by atoms with E-state index in [9.17, 15) is 9.59 Å². The second-order valence-corrected chi connectivity index (χ2v) is 8.35. The van der Waals surface area contributed by atoms with E-state index in [0.29, 0.717) is 12.1 Å². The van der Waals surface area contributed by atoms with Crippen LogP contribution in [0.2, 0.25) is 0 Å². The molecule has 0 spiro atoms. The number of carbonyl (C=O) groups is 2. The quantitative estimate of drug-likeness (QED) is 0.609. The van der Waals surface area contributed by atoms with Crippen molar-refractivity contribution in [1.82, 2.24) is 0 Å². The molecule has 0 aromatic heterocycles. The van der Waals surface area contributed by atoms with Crippen LogP contribution >= 0.6 is 15.9 Å². The first-order chi connectivity index (χ1) is 13.1. The van der Waals surface area contributed by atoms with Gasteiger partial charge in [-0.25, -0.2) is 4.79 Å². The summed E-state index contributed by atoms with van der Waals surface area (Å²) in [7, 11) is 1.37. The molecule has 1 N–H and O–H groups in total. The van der Waals surface area contributed by atoms with Crippen molar-refractivity contribution in [1.29, 1.82) is 0 Å². The van der Waals surface area contributed by atoms with Crippen molar-refractivity contribution in [2.75, 3.05) is 12.4 Å². The van der Waals surface area contributed by atoms with Gasteiger partial charge in [-0.2, -0.15) is 0 Å². The van der Waals surface area contributed by atoms with Gasteiger partial charge >= 0.3 is 11.9 Å². The molecule has 0 fully saturated rings. The van der Waals surface area contributed by atoms with E-state index >= 15 is 0 Å². The fourth-order valence-corrected chi connectivity index (χ4v) is 3.18. The van der Waals surface area contributed by atoms with E-state index in [1.807, 2.05) is 58.0 Å². The predicted octanol–water partition coefficient (Wildman–Crippen LogP) is 5.29. The van der Waals surface area contributed by atoms with Crippen molar-refractivity contribution >= 4 is 33.6 Å². The smallest absolute Gasteiger partial charge is 0.338 e. The molecule has 0 saturated carbocycles. The van der Waals surface area contributed by atoms with Gasteiger partial charge in [0.25, 0.3) is 0 Å². The average molecular weight is 448 g/mol. The SMILES string of the molecule is COC(=O)c1ccccc1CNc1ccc(C(C)C(=O)OC(C)(C)C)cc1Br. The number of esters is 2. The van der Waals surface area contributed by atoms with Gasteiger partial charge in [0.15, 0.2) is 0 Å². The zero-order valence-electron chi connectivity index (χ0n) is 16.8. The zero-order valence-corrected chi connectivity index (χ0v) is 18.4. The number of methoxy groups -OCH3 is 1. The average Bonchev–Trinajstić information content (AvgIpc) is 2.64. The van der Waals surface area contributed by atoms with Gasteiger partial charge in [-0.1, -0.05) is 24.3 Å². The second-order valence-electron chi connectivity index (χ2n) is 7.50. The third-order valence-corrected chi connectivity index (χ3v) is 4.80. The Hall–Kier alpha value is -2.34. The third-order valence-electron chi connectivity index (χ3n) is 4.15. The Kier molecular flexibility index (Phi) is 7.24. The molecule has 6 heteroatoms. The van der Waals surface area contributed by atoms with Gasteiger partial charge in [-0.15, -0.1) is 0 Å². The van der Waals surface area contributed by atoms with Crippen LogP contribution in [0.1, 0.15) is 55.1 Å². The Morgan fingerprint density at radius 2 is 1.82 bits per heavy atom. The summed E-state index contributed by atoms with van der Waals surface area (Å²) in [6.07, 6.45) is 0. The Bertz CT molecular complexity index is 858. The van der Waals surface area contributed by atoms with Crippen LogP contribution in [0.3, 0.4) is 0 Å². The molecule has 1 unspecified atom stereocenters. The summed E-state index contributed by atoms with van der Waals surface area (Å²) in [6.45, 7) is 7.85. The molecular formula is C22H26BrNO4. The van der Waals surface area contributed by atoms with E-state index in [2.05, 4.69) is 21.2 Å². The lowest BCUT2D eigenvalue weighted by Gasteiger charge is -2.22. The lowest BCUT2D eigenvalue weighted by atomic mass is 10.0. The van der Waals surface area contributed by atoms with Crippen molar-refractivity contribution < 1.29 is 19.1 Å². The molecule has 0 aliphatic carbocycles. The molecule has 5 nitrogen and oxygen atoms in total. The maximum Gasteiger partial charge on any atom is 0.338 e. The first-order valence-corrected chi connectivity index (χ1v) is 9.84. The summed E-state index contributed by atoms with van der Waals surface area (Å²) < 4.78 is 11.1. The minimum atomic E-state index is -0.517. The highest BCUT2D eigenvalue weighted by atomic mass is 79.9. The van der Waals surface area contributed by atoms with Gasteiger partial charge in [-0.3, -0.25) is 4.79 Å². The molecule has 28 heavy (non-hydrogen) atoms. The minimum absolute atomic E-state index is 0.257. The number of benzene rings is 2. The Labute approximate surface area is 174 Å². The molecular weight excluding hydrogens is 422 g/mol. The molecule has 2 aromatic carbocycles. The van der Waals surface area contributed by atoms with Crippen LogP contribution < -0.4 is 5.32 Å². The zero-order chi connectivity index (χ0) is 20.9. The molecule has 2 aromatic rings. The van der Waals surface area contributed by atoms with E-state index in [1.165, 1.54) is 7.11 Å². The Morgan fingerprint density at radius 1 is 1.14 bits per heavy atom. The summed E-state index contributed by atoms with van der Waals surface area (Å²) in [5.41, 5.74) is 2.58. The van der Waals surface area contributed by atoms with E-state index in [4.69, 9.17) is 9.47 Å². The van der Waals surface area contributed by atoms with Gasteiger partial charge in [-0.05, 0) is 73.0 Å². The fourth-order valence-electron chi connectivity index (χ4n) is 2.64. The summed E-state index contributed by atoms with van der Waals surface area (Å²) >= 11 is 3.55. The molecule has 0 aliphatic heterocycles.